The molecule has 0 aromatic carbocycles. The lowest BCUT2D eigenvalue weighted by atomic mass is 10.1. The molecule has 20 heavy (non-hydrogen) atoms. The topological polar surface area (TPSA) is 124 Å². The second-order valence-electron chi connectivity index (χ2n) is 5.04. The van der Waals surface area contributed by atoms with Crippen LogP contribution in [0.15, 0.2) is 0 Å². The fraction of sp³-hybridized carbons (Fsp3) is 0.667. The summed E-state index contributed by atoms with van der Waals surface area (Å²) in [6, 6.07) is -1.52. The Balaban J connectivity index is 2.64. The molecular weight excluding hydrogens is 268 g/mol. The molecule has 0 aliphatic carbocycles. The van der Waals surface area contributed by atoms with E-state index in [0.29, 0.717) is 0 Å². The maximum Gasteiger partial charge on any atom is 0.326 e. The summed E-state index contributed by atoms with van der Waals surface area (Å²) in [5, 5.41) is 19.6. The number of carbonyl (C=O) groups excluding carboxylic acids is 2. The van der Waals surface area contributed by atoms with Crippen LogP contribution >= 0.6 is 0 Å². The van der Waals surface area contributed by atoms with Crippen LogP contribution in [0.25, 0.3) is 0 Å². The quantitative estimate of drug-likeness (QED) is 0.592. The van der Waals surface area contributed by atoms with Crippen LogP contribution in [0.3, 0.4) is 0 Å². The van der Waals surface area contributed by atoms with E-state index in [9.17, 15) is 19.2 Å². The van der Waals surface area contributed by atoms with Gasteiger partial charge < -0.3 is 20.4 Å². The molecule has 1 fully saturated rings. The Morgan fingerprint density at radius 3 is 2.35 bits per heavy atom. The molecule has 1 rings (SSSR count). The molecule has 8 nitrogen and oxygen atoms in total. The summed E-state index contributed by atoms with van der Waals surface area (Å²) in [6.07, 6.45) is -0.681. The van der Waals surface area contributed by atoms with Crippen molar-refractivity contribution in [2.45, 2.75) is 38.8 Å². The lowest BCUT2D eigenvalue weighted by molar-refractivity contribution is -0.147. The number of rotatable bonds is 6. The van der Waals surface area contributed by atoms with Crippen LogP contribution in [-0.2, 0) is 19.2 Å². The number of carboxylic acid groups (broad SMARTS) is 2. The summed E-state index contributed by atoms with van der Waals surface area (Å²) in [6.45, 7) is 3.87. The minimum absolute atomic E-state index is 0.0173. The Kier molecular flexibility index (Phi) is 5.06. The third-order valence-corrected chi connectivity index (χ3v) is 3.15. The maximum atomic E-state index is 11.9. The van der Waals surface area contributed by atoms with E-state index in [1.807, 2.05) is 13.8 Å². The van der Waals surface area contributed by atoms with Crippen LogP contribution in [0.5, 0.6) is 0 Å². The van der Waals surface area contributed by atoms with Gasteiger partial charge in [0.1, 0.15) is 6.04 Å². The molecule has 2 atom stereocenters. The van der Waals surface area contributed by atoms with Crippen molar-refractivity contribution < 1.29 is 29.4 Å². The first kappa shape index (κ1) is 15.9. The van der Waals surface area contributed by atoms with Crippen molar-refractivity contribution in [1.82, 2.24) is 10.2 Å². The van der Waals surface area contributed by atoms with E-state index in [2.05, 4.69) is 5.32 Å². The molecule has 8 heteroatoms. The smallest absolute Gasteiger partial charge is 0.326 e. The van der Waals surface area contributed by atoms with Gasteiger partial charge in [0.2, 0.25) is 11.8 Å². The van der Waals surface area contributed by atoms with Gasteiger partial charge in [0.05, 0.1) is 12.3 Å². The van der Waals surface area contributed by atoms with Crippen LogP contribution in [0.2, 0.25) is 0 Å². The van der Waals surface area contributed by atoms with Gasteiger partial charge in [-0.1, -0.05) is 0 Å². The first-order chi connectivity index (χ1) is 9.22. The summed E-state index contributed by atoms with van der Waals surface area (Å²) in [7, 11) is 0. The number of aliphatic carboxylic acids is 2. The Hall–Kier alpha value is -2.12. The summed E-state index contributed by atoms with van der Waals surface area (Å²) in [4.78, 5) is 46.5. The highest BCUT2D eigenvalue weighted by Crippen LogP contribution is 2.20. The molecule has 1 saturated heterocycles. The third-order valence-electron chi connectivity index (χ3n) is 3.15. The van der Waals surface area contributed by atoms with Gasteiger partial charge in [-0.15, -0.1) is 0 Å². The number of nitrogens with one attached hydrogen (secondary N) is 1. The lowest BCUT2D eigenvalue weighted by Crippen LogP contribution is -2.45. The number of carbonyl (C=O) groups is 4. The second kappa shape index (κ2) is 6.36. The van der Waals surface area contributed by atoms with E-state index in [-0.39, 0.29) is 24.9 Å². The summed E-state index contributed by atoms with van der Waals surface area (Å²) < 4.78 is 0. The third kappa shape index (κ3) is 3.94. The van der Waals surface area contributed by atoms with Crippen molar-refractivity contribution in [3.05, 3.63) is 0 Å². The van der Waals surface area contributed by atoms with Gasteiger partial charge in [0, 0.05) is 19.0 Å². The average molecular weight is 286 g/mol. The molecule has 0 spiro atoms. The Labute approximate surface area is 115 Å². The molecule has 0 aromatic heterocycles. The van der Waals surface area contributed by atoms with Crippen molar-refractivity contribution in [2.24, 2.45) is 5.92 Å². The highest BCUT2D eigenvalue weighted by molar-refractivity contribution is 5.92. The zero-order valence-corrected chi connectivity index (χ0v) is 11.3. The van der Waals surface area contributed by atoms with E-state index < -0.39 is 36.2 Å². The number of hydrogen-bond acceptors (Lipinski definition) is 4. The van der Waals surface area contributed by atoms with Crippen LogP contribution in [0, 0.1) is 5.92 Å². The van der Waals surface area contributed by atoms with Gasteiger partial charge >= 0.3 is 11.9 Å². The van der Waals surface area contributed by atoms with Gasteiger partial charge in [-0.2, -0.15) is 0 Å². The predicted octanol–water partition coefficient (Wildman–Crippen LogP) is -0.713. The van der Waals surface area contributed by atoms with Gasteiger partial charge in [-0.05, 0) is 13.8 Å². The molecule has 2 amide bonds. The fourth-order valence-electron chi connectivity index (χ4n) is 2.07. The zero-order chi connectivity index (χ0) is 15.4. The van der Waals surface area contributed by atoms with E-state index in [4.69, 9.17) is 10.2 Å². The molecule has 0 saturated carbocycles. The van der Waals surface area contributed by atoms with Crippen molar-refractivity contribution in [1.29, 1.82) is 0 Å². The molecule has 3 N–H and O–H groups in total. The molecule has 1 unspecified atom stereocenters. The summed E-state index contributed by atoms with van der Waals surface area (Å²) in [5.41, 5.74) is 0. The first-order valence-corrected chi connectivity index (χ1v) is 6.26. The van der Waals surface area contributed by atoms with E-state index in [0.717, 1.165) is 0 Å². The van der Waals surface area contributed by atoms with E-state index in [1.54, 1.807) is 0 Å². The normalized spacial score (nSPS) is 20.1. The molecule has 0 aromatic rings. The lowest BCUT2D eigenvalue weighted by Gasteiger charge is -2.21. The van der Waals surface area contributed by atoms with Crippen LogP contribution in [-0.4, -0.2) is 57.5 Å². The van der Waals surface area contributed by atoms with E-state index >= 15 is 0 Å². The van der Waals surface area contributed by atoms with Crippen LogP contribution in [0.1, 0.15) is 26.7 Å². The fourth-order valence-corrected chi connectivity index (χ4v) is 2.07. The maximum absolute atomic E-state index is 11.9. The molecule has 1 heterocycles. The Bertz CT molecular complexity index is 434. The van der Waals surface area contributed by atoms with E-state index in [1.165, 1.54) is 4.90 Å². The van der Waals surface area contributed by atoms with Crippen molar-refractivity contribution in [3.8, 4) is 0 Å². The molecule has 1 aliphatic heterocycles. The van der Waals surface area contributed by atoms with Crippen molar-refractivity contribution >= 4 is 23.8 Å². The average Bonchev–Trinajstić information content (AvgIpc) is 2.69. The SMILES string of the molecule is CC(C)N1CC(C(=O)N[C@H](CC(=O)O)C(=O)O)CC1=O. The van der Waals surface area contributed by atoms with Crippen molar-refractivity contribution in [3.63, 3.8) is 0 Å². The molecule has 1 aliphatic rings. The standard InChI is InChI=1S/C12H18N2O6/c1-6(2)14-5-7(3-9(14)15)11(18)13-8(12(19)20)4-10(16)17/h6-8H,3-5H2,1-2H3,(H,13,18)(H,16,17)(H,19,20)/t7?,8-/m1/s1. The highest BCUT2D eigenvalue weighted by Gasteiger charge is 2.37. The number of likely N-dealkylation sites (tertiary alicyclic amines) is 1. The summed E-state index contributed by atoms with van der Waals surface area (Å²) >= 11 is 0. The van der Waals surface area contributed by atoms with Crippen molar-refractivity contribution in [2.75, 3.05) is 6.54 Å². The number of hydrogen-bond donors (Lipinski definition) is 3. The van der Waals surface area contributed by atoms with Gasteiger partial charge in [-0.25, -0.2) is 4.79 Å². The molecule has 112 valence electrons. The molecular formula is C12H18N2O6. The predicted molar refractivity (Wildman–Crippen MR) is 66.8 cm³/mol. The highest BCUT2D eigenvalue weighted by atomic mass is 16.4. The molecule has 0 radical (unpaired) electrons. The van der Waals surface area contributed by atoms with Crippen LogP contribution < -0.4 is 5.32 Å². The van der Waals surface area contributed by atoms with Gasteiger partial charge in [-0.3, -0.25) is 14.4 Å². The Morgan fingerprint density at radius 2 is 1.95 bits per heavy atom. The zero-order valence-electron chi connectivity index (χ0n) is 11.3. The summed E-state index contributed by atoms with van der Waals surface area (Å²) in [5.74, 6) is -4.13. The first-order valence-electron chi connectivity index (χ1n) is 6.26. The van der Waals surface area contributed by atoms with Crippen LogP contribution in [0.4, 0.5) is 0 Å². The molecule has 0 bridgehead atoms. The monoisotopic (exact) mass is 286 g/mol. The number of nitrogens with zero attached hydrogens (tertiary/aromatic N) is 1. The van der Waals surface area contributed by atoms with Gasteiger partial charge in [0.15, 0.2) is 0 Å². The second-order valence-corrected chi connectivity index (χ2v) is 5.04. The minimum Gasteiger partial charge on any atom is -0.481 e. The van der Waals surface area contributed by atoms with Gasteiger partial charge in [0.25, 0.3) is 0 Å². The number of carboxylic acids is 2. The largest absolute Gasteiger partial charge is 0.481 e. The minimum atomic E-state index is -1.48. The number of amides is 2. The Morgan fingerprint density at radius 1 is 1.35 bits per heavy atom.